The van der Waals surface area contributed by atoms with Crippen LogP contribution in [0.15, 0.2) is 30.4 Å². The number of allylic oxidation sites excluding steroid dienone is 2. The van der Waals surface area contributed by atoms with Gasteiger partial charge < -0.3 is 10.1 Å². The molecule has 0 radical (unpaired) electrons. The lowest BCUT2D eigenvalue weighted by molar-refractivity contribution is -0.162. The van der Waals surface area contributed by atoms with E-state index in [9.17, 15) is 19.2 Å². The standard InChI is InChI=1S/C23H25ClN2O5/c1-11(2)20(26-21(28)18-13-7-8-14(9-13)19(18)22(26)29)23(30)31-10-17(27)25-16-6-4-5-15(24)12(16)3/h4-8,11,13-14,18-20H,9-10H2,1-3H3,(H,25,27)/t13-,14-,18-,19+,20+/m0/s1. The number of carbonyl (C=O) groups excluding carboxylic acids is 4. The molecule has 5 atom stereocenters. The van der Waals surface area contributed by atoms with Gasteiger partial charge in [-0.25, -0.2) is 4.79 Å². The highest BCUT2D eigenvalue weighted by Gasteiger charge is 2.61. The van der Waals surface area contributed by atoms with Crippen molar-refractivity contribution in [1.29, 1.82) is 0 Å². The molecule has 0 aromatic heterocycles. The number of carbonyl (C=O) groups is 4. The lowest BCUT2D eigenvalue weighted by Gasteiger charge is -2.28. The summed E-state index contributed by atoms with van der Waals surface area (Å²) in [6, 6.07) is 4.06. The molecule has 1 N–H and O–H groups in total. The zero-order chi connectivity index (χ0) is 22.4. The molecular formula is C23H25ClN2O5. The summed E-state index contributed by atoms with van der Waals surface area (Å²) in [5, 5.41) is 3.17. The van der Waals surface area contributed by atoms with Crippen LogP contribution in [0.4, 0.5) is 5.69 Å². The third-order valence-corrected chi connectivity index (χ3v) is 6.95. The number of likely N-dealkylation sites (tertiary alicyclic amines) is 1. The van der Waals surface area contributed by atoms with E-state index in [1.165, 1.54) is 0 Å². The van der Waals surface area contributed by atoms with E-state index in [0.717, 1.165) is 11.3 Å². The Balaban J connectivity index is 1.43. The zero-order valence-electron chi connectivity index (χ0n) is 17.6. The number of halogens is 1. The summed E-state index contributed by atoms with van der Waals surface area (Å²) >= 11 is 6.06. The van der Waals surface area contributed by atoms with E-state index in [4.69, 9.17) is 16.3 Å². The third-order valence-electron chi connectivity index (χ3n) is 6.54. The van der Waals surface area contributed by atoms with E-state index < -0.39 is 24.5 Å². The first-order chi connectivity index (χ1) is 14.7. The number of anilines is 1. The average molecular weight is 445 g/mol. The number of nitrogens with zero attached hydrogens (tertiary/aromatic N) is 1. The van der Waals surface area contributed by atoms with Gasteiger partial charge in [0, 0.05) is 10.7 Å². The monoisotopic (exact) mass is 444 g/mol. The van der Waals surface area contributed by atoms with Crippen molar-refractivity contribution in [3.63, 3.8) is 0 Å². The van der Waals surface area contributed by atoms with Crippen molar-refractivity contribution in [1.82, 2.24) is 4.90 Å². The van der Waals surface area contributed by atoms with Gasteiger partial charge in [-0.05, 0) is 48.8 Å². The topological polar surface area (TPSA) is 92.8 Å². The van der Waals surface area contributed by atoms with E-state index in [-0.39, 0.29) is 41.4 Å². The first kappa shape index (κ1) is 21.6. The van der Waals surface area contributed by atoms with Gasteiger partial charge in [0.15, 0.2) is 6.61 Å². The second-order valence-corrected chi connectivity index (χ2v) is 9.21. The molecule has 2 fully saturated rings. The predicted octanol–water partition coefficient (Wildman–Crippen LogP) is 2.96. The van der Waals surface area contributed by atoms with Crippen LogP contribution in [0.1, 0.15) is 25.8 Å². The molecule has 8 heteroatoms. The number of hydrogen-bond donors (Lipinski definition) is 1. The van der Waals surface area contributed by atoms with Crippen molar-refractivity contribution < 1.29 is 23.9 Å². The van der Waals surface area contributed by atoms with Crippen molar-refractivity contribution in [2.75, 3.05) is 11.9 Å². The molecule has 1 heterocycles. The van der Waals surface area contributed by atoms with E-state index in [1.54, 1.807) is 39.0 Å². The number of esters is 1. The Labute approximate surface area is 185 Å². The van der Waals surface area contributed by atoms with Crippen LogP contribution < -0.4 is 5.32 Å². The van der Waals surface area contributed by atoms with Gasteiger partial charge in [-0.3, -0.25) is 19.3 Å². The molecule has 0 unspecified atom stereocenters. The maximum Gasteiger partial charge on any atom is 0.330 e. The Bertz CT molecular complexity index is 958. The Morgan fingerprint density at radius 2 is 1.77 bits per heavy atom. The number of imide groups is 1. The molecule has 4 rings (SSSR count). The summed E-state index contributed by atoms with van der Waals surface area (Å²) in [7, 11) is 0. The summed E-state index contributed by atoms with van der Waals surface area (Å²) in [6.45, 7) is 4.75. The fraction of sp³-hybridized carbons (Fsp3) is 0.478. The van der Waals surface area contributed by atoms with Gasteiger partial charge in [-0.2, -0.15) is 0 Å². The van der Waals surface area contributed by atoms with E-state index >= 15 is 0 Å². The minimum Gasteiger partial charge on any atom is -0.454 e. The Morgan fingerprint density at radius 3 is 2.35 bits per heavy atom. The van der Waals surface area contributed by atoms with Crippen LogP contribution in [0.5, 0.6) is 0 Å². The maximum absolute atomic E-state index is 13.1. The fourth-order valence-electron chi connectivity index (χ4n) is 5.03. The van der Waals surface area contributed by atoms with Gasteiger partial charge in [0.2, 0.25) is 11.8 Å². The van der Waals surface area contributed by atoms with Gasteiger partial charge in [-0.1, -0.05) is 43.7 Å². The largest absolute Gasteiger partial charge is 0.454 e. The molecule has 1 saturated carbocycles. The number of hydrogen-bond acceptors (Lipinski definition) is 5. The highest BCUT2D eigenvalue weighted by molar-refractivity contribution is 6.31. The minimum absolute atomic E-state index is 0.0620. The molecule has 3 aliphatic rings. The van der Waals surface area contributed by atoms with Gasteiger partial charge in [-0.15, -0.1) is 0 Å². The molecule has 31 heavy (non-hydrogen) atoms. The van der Waals surface area contributed by atoms with Crippen molar-refractivity contribution >= 4 is 41.0 Å². The summed E-state index contributed by atoms with van der Waals surface area (Å²) in [5.41, 5.74) is 1.22. The summed E-state index contributed by atoms with van der Waals surface area (Å²) in [4.78, 5) is 52.4. The van der Waals surface area contributed by atoms with Gasteiger partial charge in [0.1, 0.15) is 6.04 Å². The fourth-order valence-corrected chi connectivity index (χ4v) is 5.20. The van der Waals surface area contributed by atoms with Gasteiger partial charge >= 0.3 is 5.97 Å². The molecule has 1 aromatic rings. The van der Waals surface area contributed by atoms with Gasteiger partial charge in [0.25, 0.3) is 5.91 Å². The molecule has 2 bridgehead atoms. The van der Waals surface area contributed by atoms with E-state index in [0.29, 0.717) is 16.3 Å². The smallest absolute Gasteiger partial charge is 0.330 e. The van der Waals surface area contributed by atoms with Crippen LogP contribution >= 0.6 is 11.6 Å². The SMILES string of the molecule is Cc1c(Cl)cccc1NC(=O)COC(=O)[C@@H](C(C)C)N1C(=O)[C@@H]2[C@H](C1=O)[C@H]1C=C[C@H]2C1. The Morgan fingerprint density at radius 1 is 1.16 bits per heavy atom. The van der Waals surface area contributed by atoms with Crippen molar-refractivity contribution in [3.8, 4) is 0 Å². The zero-order valence-corrected chi connectivity index (χ0v) is 18.4. The predicted molar refractivity (Wildman–Crippen MR) is 114 cm³/mol. The number of ether oxygens (including phenoxy) is 1. The van der Waals surface area contributed by atoms with Crippen molar-refractivity contribution in [2.24, 2.45) is 29.6 Å². The number of nitrogens with one attached hydrogen (secondary N) is 1. The van der Waals surface area contributed by atoms with E-state index in [2.05, 4.69) is 5.32 Å². The highest BCUT2D eigenvalue weighted by Crippen LogP contribution is 2.53. The lowest BCUT2D eigenvalue weighted by Crippen LogP contribution is -2.50. The second-order valence-electron chi connectivity index (χ2n) is 8.80. The van der Waals surface area contributed by atoms with Crippen LogP contribution in [0.3, 0.4) is 0 Å². The van der Waals surface area contributed by atoms with E-state index in [1.807, 2.05) is 12.2 Å². The maximum atomic E-state index is 13.1. The Hall–Kier alpha value is -2.67. The number of fused-ring (bicyclic) bond motifs is 5. The molecule has 2 aliphatic carbocycles. The number of rotatable bonds is 6. The first-order valence-corrected chi connectivity index (χ1v) is 10.8. The lowest BCUT2D eigenvalue weighted by atomic mass is 9.85. The quantitative estimate of drug-likeness (QED) is 0.413. The van der Waals surface area contributed by atoms with Crippen LogP contribution in [0, 0.1) is 36.5 Å². The molecule has 7 nitrogen and oxygen atoms in total. The summed E-state index contributed by atoms with van der Waals surface area (Å²) in [6.07, 6.45) is 4.83. The van der Waals surface area contributed by atoms with Crippen LogP contribution in [-0.4, -0.2) is 41.2 Å². The second kappa shape index (κ2) is 8.11. The number of amides is 3. The normalized spacial score (nSPS) is 27.1. The molecular weight excluding hydrogens is 420 g/mol. The molecule has 1 aromatic carbocycles. The average Bonchev–Trinajstić information content (AvgIpc) is 3.40. The van der Waals surface area contributed by atoms with Crippen molar-refractivity contribution in [3.05, 3.63) is 40.9 Å². The molecule has 0 spiro atoms. The summed E-state index contributed by atoms with van der Waals surface area (Å²) in [5.74, 6) is -2.88. The van der Waals surface area contributed by atoms with Crippen LogP contribution in [0.25, 0.3) is 0 Å². The molecule has 3 amide bonds. The van der Waals surface area contributed by atoms with Crippen molar-refractivity contribution in [2.45, 2.75) is 33.2 Å². The number of benzene rings is 1. The first-order valence-electron chi connectivity index (χ1n) is 10.5. The third kappa shape index (κ3) is 3.65. The van der Waals surface area contributed by atoms with Gasteiger partial charge in [0.05, 0.1) is 11.8 Å². The molecule has 1 saturated heterocycles. The minimum atomic E-state index is -1.05. The Kier molecular flexibility index (Phi) is 5.64. The van der Waals surface area contributed by atoms with Crippen LogP contribution in [0.2, 0.25) is 5.02 Å². The molecule has 164 valence electrons. The van der Waals surface area contributed by atoms with Crippen LogP contribution in [-0.2, 0) is 23.9 Å². The summed E-state index contributed by atoms with van der Waals surface area (Å²) < 4.78 is 5.22. The molecule has 1 aliphatic heterocycles. The highest BCUT2D eigenvalue weighted by atomic mass is 35.5.